The average molecular weight is 386 g/mol. The summed E-state index contributed by atoms with van der Waals surface area (Å²) in [6.45, 7) is 8.92. The standard InChI is InChI=1S/C24H26N4O/c1-4-11-26-12-14-27(15-13-26)17-28-24(29)21-8-6-5-7-20(21)23(25-28)22-16-18(2)9-10-19(22)3/h1,5-10,16H,11-15,17H2,2-3H3. The largest absolute Gasteiger partial charge is 0.290 e. The Morgan fingerprint density at radius 1 is 1.00 bits per heavy atom. The lowest BCUT2D eigenvalue weighted by Gasteiger charge is -2.33. The van der Waals surface area contributed by atoms with E-state index in [4.69, 9.17) is 11.5 Å². The third-order valence-corrected chi connectivity index (χ3v) is 5.63. The summed E-state index contributed by atoms with van der Waals surface area (Å²) in [7, 11) is 0. The van der Waals surface area contributed by atoms with Gasteiger partial charge in [0.25, 0.3) is 5.56 Å². The molecule has 0 atom stereocenters. The van der Waals surface area contributed by atoms with Crippen molar-refractivity contribution >= 4 is 10.8 Å². The van der Waals surface area contributed by atoms with Crippen LogP contribution in [0.4, 0.5) is 0 Å². The molecule has 1 fully saturated rings. The highest BCUT2D eigenvalue weighted by Crippen LogP contribution is 2.28. The number of hydrogen-bond donors (Lipinski definition) is 0. The second kappa shape index (κ2) is 8.20. The van der Waals surface area contributed by atoms with Gasteiger partial charge in [-0.3, -0.25) is 14.6 Å². The Morgan fingerprint density at radius 2 is 1.69 bits per heavy atom. The maximum absolute atomic E-state index is 13.1. The van der Waals surface area contributed by atoms with Crippen LogP contribution < -0.4 is 5.56 Å². The smallest absolute Gasteiger partial charge is 0.275 e. The molecule has 3 aromatic rings. The van der Waals surface area contributed by atoms with Gasteiger partial charge in [0, 0.05) is 37.1 Å². The Morgan fingerprint density at radius 3 is 2.41 bits per heavy atom. The highest BCUT2D eigenvalue weighted by Gasteiger charge is 2.19. The van der Waals surface area contributed by atoms with Crippen LogP contribution in [0.2, 0.25) is 0 Å². The van der Waals surface area contributed by atoms with Gasteiger partial charge in [-0.25, -0.2) is 4.68 Å². The van der Waals surface area contributed by atoms with Crippen molar-refractivity contribution in [1.82, 2.24) is 19.6 Å². The van der Waals surface area contributed by atoms with Crippen LogP contribution in [0.1, 0.15) is 11.1 Å². The molecule has 0 spiro atoms. The van der Waals surface area contributed by atoms with Crippen molar-refractivity contribution in [2.75, 3.05) is 32.7 Å². The van der Waals surface area contributed by atoms with E-state index in [2.05, 4.69) is 47.8 Å². The van der Waals surface area contributed by atoms with Crippen LogP contribution in [0, 0.1) is 26.2 Å². The molecule has 5 heteroatoms. The van der Waals surface area contributed by atoms with E-state index in [1.165, 1.54) is 5.56 Å². The molecule has 1 aliphatic rings. The average Bonchev–Trinajstić information content (AvgIpc) is 2.74. The zero-order valence-corrected chi connectivity index (χ0v) is 17.1. The molecule has 0 bridgehead atoms. The molecule has 0 aliphatic carbocycles. The van der Waals surface area contributed by atoms with Crippen LogP contribution in [-0.2, 0) is 6.67 Å². The van der Waals surface area contributed by atoms with E-state index in [0.717, 1.165) is 48.4 Å². The summed E-state index contributed by atoms with van der Waals surface area (Å²) in [4.78, 5) is 17.7. The minimum absolute atomic E-state index is 0.0410. The highest BCUT2D eigenvalue weighted by molar-refractivity contribution is 5.94. The zero-order chi connectivity index (χ0) is 20.4. The molecule has 0 saturated carbocycles. The summed E-state index contributed by atoms with van der Waals surface area (Å²) in [5, 5.41) is 6.45. The van der Waals surface area contributed by atoms with E-state index in [0.29, 0.717) is 18.6 Å². The van der Waals surface area contributed by atoms with Crippen molar-refractivity contribution < 1.29 is 0 Å². The predicted molar refractivity (Wildman–Crippen MR) is 118 cm³/mol. The zero-order valence-electron chi connectivity index (χ0n) is 17.1. The first-order chi connectivity index (χ1) is 14.1. The molecule has 148 valence electrons. The molecule has 1 saturated heterocycles. The maximum atomic E-state index is 13.1. The van der Waals surface area contributed by atoms with Gasteiger partial charge in [0.05, 0.1) is 24.3 Å². The van der Waals surface area contributed by atoms with Crippen LogP contribution in [0.3, 0.4) is 0 Å². The fourth-order valence-electron chi connectivity index (χ4n) is 3.93. The highest BCUT2D eigenvalue weighted by atomic mass is 16.1. The number of terminal acetylenes is 1. The van der Waals surface area contributed by atoms with Gasteiger partial charge in [0.2, 0.25) is 0 Å². The number of fused-ring (bicyclic) bond motifs is 1. The summed E-state index contributed by atoms with van der Waals surface area (Å²) in [5.74, 6) is 2.71. The van der Waals surface area contributed by atoms with Gasteiger partial charge in [0.15, 0.2) is 0 Å². The molecule has 0 unspecified atom stereocenters. The fraction of sp³-hybridized carbons (Fsp3) is 0.333. The molecule has 2 aromatic carbocycles. The third-order valence-electron chi connectivity index (χ3n) is 5.63. The molecular weight excluding hydrogens is 360 g/mol. The van der Waals surface area contributed by atoms with Crippen molar-refractivity contribution in [1.29, 1.82) is 0 Å². The van der Waals surface area contributed by atoms with Gasteiger partial charge in [-0.1, -0.05) is 41.8 Å². The first kappa shape index (κ1) is 19.4. The fourth-order valence-corrected chi connectivity index (χ4v) is 3.93. The van der Waals surface area contributed by atoms with Gasteiger partial charge in [-0.05, 0) is 31.5 Å². The van der Waals surface area contributed by atoms with Crippen LogP contribution in [0.25, 0.3) is 22.0 Å². The molecule has 0 amide bonds. The Kier molecular flexibility index (Phi) is 5.48. The monoisotopic (exact) mass is 386 g/mol. The van der Waals surface area contributed by atoms with Crippen molar-refractivity contribution in [3.63, 3.8) is 0 Å². The SMILES string of the molecule is C#CCN1CCN(Cn2nc(-c3cc(C)ccc3C)c3ccccc3c2=O)CC1. The van der Waals surface area contributed by atoms with Crippen molar-refractivity contribution in [3.8, 4) is 23.6 Å². The number of nitrogens with zero attached hydrogens (tertiary/aromatic N) is 4. The third kappa shape index (κ3) is 3.95. The van der Waals surface area contributed by atoms with Gasteiger partial charge in [-0.2, -0.15) is 5.10 Å². The second-order valence-corrected chi connectivity index (χ2v) is 7.76. The lowest BCUT2D eigenvalue weighted by atomic mass is 9.99. The summed E-state index contributed by atoms with van der Waals surface area (Å²) in [6.07, 6.45) is 5.42. The Labute approximate surface area is 171 Å². The summed E-state index contributed by atoms with van der Waals surface area (Å²) in [6, 6.07) is 14.1. The number of aromatic nitrogens is 2. The second-order valence-electron chi connectivity index (χ2n) is 7.76. The van der Waals surface area contributed by atoms with Crippen molar-refractivity contribution in [2.45, 2.75) is 20.5 Å². The molecule has 0 N–H and O–H groups in total. The van der Waals surface area contributed by atoms with Crippen LogP contribution in [-0.4, -0.2) is 52.3 Å². The van der Waals surface area contributed by atoms with E-state index in [1.807, 2.05) is 24.3 Å². The van der Waals surface area contributed by atoms with E-state index < -0.39 is 0 Å². The Balaban J connectivity index is 1.74. The van der Waals surface area contributed by atoms with Gasteiger partial charge < -0.3 is 0 Å². The number of hydrogen-bond acceptors (Lipinski definition) is 4. The Hall–Kier alpha value is -2.94. The predicted octanol–water partition coefficient (Wildman–Crippen LogP) is 2.89. The minimum Gasteiger partial charge on any atom is -0.290 e. The van der Waals surface area contributed by atoms with E-state index in [-0.39, 0.29) is 5.56 Å². The van der Waals surface area contributed by atoms with Crippen molar-refractivity contribution in [3.05, 3.63) is 63.9 Å². The normalized spacial score (nSPS) is 15.5. The van der Waals surface area contributed by atoms with Gasteiger partial charge >= 0.3 is 0 Å². The molecule has 0 radical (unpaired) electrons. The Bertz CT molecular complexity index is 1130. The summed E-state index contributed by atoms with van der Waals surface area (Å²) in [5.41, 5.74) is 4.24. The number of rotatable bonds is 4. The number of benzene rings is 2. The quantitative estimate of drug-likeness (QED) is 0.647. The molecule has 4 rings (SSSR count). The van der Waals surface area contributed by atoms with E-state index >= 15 is 0 Å². The molecular formula is C24H26N4O. The first-order valence-electron chi connectivity index (χ1n) is 10.0. The van der Waals surface area contributed by atoms with E-state index in [9.17, 15) is 4.79 Å². The number of piperazine rings is 1. The molecule has 2 heterocycles. The van der Waals surface area contributed by atoms with E-state index in [1.54, 1.807) is 4.68 Å². The van der Waals surface area contributed by atoms with Gasteiger partial charge in [0.1, 0.15) is 0 Å². The minimum atomic E-state index is -0.0410. The topological polar surface area (TPSA) is 41.4 Å². The summed E-state index contributed by atoms with van der Waals surface area (Å²) < 4.78 is 1.62. The van der Waals surface area contributed by atoms with Crippen LogP contribution in [0.15, 0.2) is 47.3 Å². The van der Waals surface area contributed by atoms with Crippen LogP contribution in [0.5, 0.6) is 0 Å². The lowest BCUT2D eigenvalue weighted by Crippen LogP contribution is -2.48. The maximum Gasteiger partial charge on any atom is 0.275 e. The summed E-state index contributed by atoms with van der Waals surface area (Å²) >= 11 is 0. The molecule has 29 heavy (non-hydrogen) atoms. The number of aryl methyl sites for hydroxylation is 2. The van der Waals surface area contributed by atoms with Crippen molar-refractivity contribution in [2.24, 2.45) is 0 Å². The van der Waals surface area contributed by atoms with Crippen LogP contribution >= 0.6 is 0 Å². The molecule has 1 aliphatic heterocycles. The molecule has 1 aromatic heterocycles. The lowest BCUT2D eigenvalue weighted by molar-refractivity contribution is 0.110. The molecule has 5 nitrogen and oxygen atoms in total. The van der Waals surface area contributed by atoms with Gasteiger partial charge in [-0.15, -0.1) is 6.42 Å². The first-order valence-corrected chi connectivity index (χ1v) is 10.0.